The van der Waals surface area contributed by atoms with Crippen molar-refractivity contribution in [2.24, 2.45) is 0 Å². The molecule has 0 atom stereocenters. The van der Waals surface area contributed by atoms with Crippen molar-refractivity contribution in [2.45, 2.75) is 20.8 Å². The van der Waals surface area contributed by atoms with Gasteiger partial charge in [0.15, 0.2) is 0 Å². The van der Waals surface area contributed by atoms with Crippen LogP contribution in [0, 0.1) is 13.8 Å². The Morgan fingerprint density at radius 2 is 1.87 bits per heavy atom. The van der Waals surface area contributed by atoms with E-state index in [0.29, 0.717) is 31.1 Å². The van der Waals surface area contributed by atoms with Gasteiger partial charge < -0.3 is 14.8 Å². The summed E-state index contributed by atoms with van der Waals surface area (Å²) >= 11 is 0. The summed E-state index contributed by atoms with van der Waals surface area (Å²) in [7, 11) is 0. The van der Waals surface area contributed by atoms with Crippen molar-refractivity contribution in [2.75, 3.05) is 25.1 Å². The Balaban J connectivity index is 2.09. The maximum Gasteiger partial charge on any atom is 0.259 e. The van der Waals surface area contributed by atoms with Gasteiger partial charge in [-0.05, 0) is 44.5 Å². The molecule has 1 amide bonds. The summed E-state index contributed by atoms with van der Waals surface area (Å²) in [5, 5.41) is 2.95. The van der Waals surface area contributed by atoms with Crippen molar-refractivity contribution in [3.63, 3.8) is 0 Å². The van der Waals surface area contributed by atoms with E-state index >= 15 is 0 Å². The van der Waals surface area contributed by atoms with Crippen molar-refractivity contribution in [3.05, 3.63) is 59.2 Å². The topological polar surface area (TPSA) is 47.6 Å². The van der Waals surface area contributed by atoms with Gasteiger partial charge in [0.2, 0.25) is 0 Å². The first kappa shape index (κ1) is 17.0. The van der Waals surface area contributed by atoms with E-state index < -0.39 is 0 Å². The molecule has 0 bridgehead atoms. The predicted octanol–water partition coefficient (Wildman–Crippen LogP) is 3.97. The van der Waals surface area contributed by atoms with E-state index in [1.54, 1.807) is 12.1 Å². The van der Waals surface area contributed by atoms with Crippen molar-refractivity contribution in [1.82, 2.24) is 0 Å². The highest BCUT2D eigenvalue weighted by atomic mass is 16.5. The van der Waals surface area contributed by atoms with E-state index in [1.165, 1.54) is 5.56 Å². The lowest BCUT2D eigenvalue weighted by molar-refractivity contribution is 0.0998. The molecule has 2 aromatic rings. The maximum absolute atomic E-state index is 12.5. The molecular formula is C19H23NO3. The Labute approximate surface area is 137 Å². The lowest BCUT2D eigenvalue weighted by Gasteiger charge is -2.13. The number of aryl methyl sites for hydroxylation is 2. The monoisotopic (exact) mass is 313 g/mol. The number of benzene rings is 2. The van der Waals surface area contributed by atoms with Crippen molar-refractivity contribution in [1.29, 1.82) is 0 Å². The van der Waals surface area contributed by atoms with Gasteiger partial charge in [0.05, 0.1) is 12.2 Å². The van der Waals surface area contributed by atoms with Gasteiger partial charge in [0, 0.05) is 12.3 Å². The first-order valence-corrected chi connectivity index (χ1v) is 7.80. The predicted molar refractivity (Wildman–Crippen MR) is 92.3 cm³/mol. The summed E-state index contributed by atoms with van der Waals surface area (Å²) in [5.74, 6) is 0.387. The van der Waals surface area contributed by atoms with E-state index in [2.05, 4.69) is 5.32 Å². The zero-order chi connectivity index (χ0) is 16.7. The number of nitrogens with one attached hydrogen (secondary N) is 1. The van der Waals surface area contributed by atoms with Crippen LogP contribution in [0.3, 0.4) is 0 Å². The molecule has 2 rings (SSSR count). The van der Waals surface area contributed by atoms with E-state index in [0.717, 1.165) is 11.3 Å². The van der Waals surface area contributed by atoms with Gasteiger partial charge in [-0.1, -0.05) is 29.8 Å². The molecule has 0 radical (unpaired) electrons. The number of carbonyl (C=O) groups is 1. The first-order chi connectivity index (χ1) is 11.1. The Hall–Kier alpha value is -2.33. The quantitative estimate of drug-likeness (QED) is 0.787. The summed E-state index contributed by atoms with van der Waals surface area (Å²) < 4.78 is 10.9. The van der Waals surface area contributed by atoms with Gasteiger partial charge in [-0.15, -0.1) is 0 Å². The molecule has 0 unspecified atom stereocenters. The second kappa shape index (κ2) is 8.34. The number of para-hydroxylation sites is 1. The smallest absolute Gasteiger partial charge is 0.259 e. The van der Waals surface area contributed by atoms with E-state index in [9.17, 15) is 4.79 Å². The number of hydrogen-bond acceptors (Lipinski definition) is 3. The molecule has 0 aliphatic carbocycles. The van der Waals surface area contributed by atoms with Gasteiger partial charge in [-0.2, -0.15) is 0 Å². The fourth-order valence-corrected chi connectivity index (χ4v) is 2.28. The molecule has 0 saturated heterocycles. The number of rotatable bonds is 7. The van der Waals surface area contributed by atoms with Gasteiger partial charge >= 0.3 is 0 Å². The average Bonchev–Trinajstić information content (AvgIpc) is 2.54. The summed E-state index contributed by atoms with van der Waals surface area (Å²) in [5.41, 5.74) is 3.53. The van der Waals surface area contributed by atoms with Crippen molar-refractivity contribution >= 4 is 11.6 Å². The summed E-state index contributed by atoms with van der Waals surface area (Å²) in [6, 6.07) is 13.2. The molecule has 0 aliphatic rings. The van der Waals surface area contributed by atoms with Gasteiger partial charge in [0.25, 0.3) is 5.91 Å². The van der Waals surface area contributed by atoms with Crippen LogP contribution in [-0.4, -0.2) is 25.7 Å². The highest BCUT2D eigenvalue weighted by Crippen LogP contribution is 2.21. The number of amides is 1. The molecule has 0 aromatic heterocycles. The lowest BCUT2D eigenvalue weighted by Crippen LogP contribution is -2.15. The zero-order valence-electron chi connectivity index (χ0n) is 13.9. The van der Waals surface area contributed by atoms with Crippen LogP contribution in [0.2, 0.25) is 0 Å². The van der Waals surface area contributed by atoms with Gasteiger partial charge in [-0.25, -0.2) is 0 Å². The molecule has 0 heterocycles. The van der Waals surface area contributed by atoms with Crippen LogP contribution in [0.25, 0.3) is 0 Å². The van der Waals surface area contributed by atoms with Crippen molar-refractivity contribution < 1.29 is 14.3 Å². The van der Waals surface area contributed by atoms with E-state index in [4.69, 9.17) is 9.47 Å². The summed E-state index contributed by atoms with van der Waals surface area (Å²) in [6.45, 7) is 7.52. The number of carbonyl (C=O) groups excluding carboxylic acids is 1. The second-order valence-corrected chi connectivity index (χ2v) is 5.31. The van der Waals surface area contributed by atoms with Crippen LogP contribution in [0.4, 0.5) is 5.69 Å². The van der Waals surface area contributed by atoms with Crippen molar-refractivity contribution in [3.8, 4) is 5.75 Å². The van der Waals surface area contributed by atoms with Gasteiger partial charge in [-0.3, -0.25) is 4.79 Å². The first-order valence-electron chi connectivity index (χ1n) is 7.80. The molecule has 0 aliphatic heterocycles. The minimum Gasteiger partial charge on any atom is -0.490 e. The molecule has 4 heteroatoms. The third-order valence-electron chi connectivity index (χ3n) is 3.45. The Morgan fingerprint density at radius 1 is 1.09 bits per heavy atom. The van der Waals surface area contributed by atoms with E-state index in [-0.39, 0.29) is 5.91 Å². The number of ether oxygens (including phenoxy) is 2. The van der Waals surface area contributed by atoms with Crippen LogP contribution in [-0.2, 0) is 4.74 Å². The van der Waals surface area contributed by atoms with E-state index in [1.807, 2.05) is 51.1 Å². The normalized spacial score (nSPS) is 10.4. The molecular weight excluding hydrogens is 290 g/mol. The molecule has 23 heavy (non-hydrogen) atoms. The summed E-state index contributed by atoms with van der Waals surface area (Å²) in [6.07, 6.45) is 0. The SMILES string of the molecule is CCOCCOc1ccccc1C(=O)Nc1ccc(C)cc1C. The minimum absolute atomic E-state index is 0.177. The Kier molecular flexibility index (Phi) is 6.18. The highest BCUT2D eigenvalue weighted by molar-refractivity contribution is 6.06. The fourth-order valence-electron chi connectivity index (χ4n) is 2.28. The third-order valence-corrected chi connectivity index (χ3v) is 3.45. The van der Waals surface area contributed by atoms with Crippen LogP contribution < -0.4 is 10.1 Å². The maximum atomic E-state index is 12.5. The standard InChI is InChI=1S/C19H23NO3/c1-4-22-11-12-23-18-8-6-5-7-16(18)19(21)20-17-10-9-14(2)13-15(17)3/h5-10,13H,4,11-12H2,1-3H3,(H,20,21). The number of anilines is 1. The molecule has 4 nitrogen and oxygen atoms in total. The molecule has 1 N–H and O–H groups in total. The van der Waals surface area contributed by atoms with Crippen LogP contribution in [0.1, 0.15) is 28.4 Å². The molecule has 122 valence electrons. The Bertz CT molecular complexity index is 667. The Morgan fingerprint density at radius 3 is 2.61 bits per heavy atom. The fraction of sp³-hybridized carbons (Fsp3) is 0.316. The number of hydrogen-bond donors (Lipinski definition) is 1. The highest BCUT2D eigenvalue weighted by Gasteiger charge is 2.13. The van der Waals surface area contributed by atoms with Gasteiger partial charge in [0.1, 0.15) is 12.4 Å². The average molecular weight is 313 g/mol. The molecule has 0 fully saturated rings. The molecule has 0 saturated carbocycles. The van der Waals surface area contributed by atoms with Crippen LogP contribution in [0.5, 0.6) is 5.75 Å². The lowest BCUT2D eigenvalue weighted by atomic mass is 10.1. The zero-order valence-corrected chi connectivity index (χ0v) is 13.9. The third kappa shape index (κ3) is 4.83. The van der Waals surface area contributed by atoms with Crippen LogP contribution >= 0.6 is 0 Å². The molecule has 2 aromatic carbocycles. The van der Waals surface area contributed by atoms with Crippen LogP contribution in [0.15, 0.2) is 42.5 Å². The summed E-state index contributed by atoms with van der Waals surface area (Å²) in [4.78, 5) is 12.5. The molecule has 0 spiro atoms. The largest absolute Gasteiger partial charge is 0.490 e. The minimum atomic E-state index is -0.177. The second-order valence-electron chi connectivity index (χ2n) is 5.31.